The lowest BCUT2D eigenvalue weighted by Gasteiger charge is -2.27. The Balaban J connectivity index is 1.74. The first kappa shape index (κ1) is 20.1. The van der Waals surface area contributed by atoms with E-state index in [2.05, 4.69) is 11.0 Å². The number of carbonyl (C=O) groups is 1. The molecule has 0 spiro atoms. The van der Waals surface area contributed by atoms with Crippen LogP contribution in [0.5, 0.6) is 0 Å². The fourth-order valence-corrected chi connectivity index (χ4v) is 4.38. The van der Waals surface area contributed by atoms with E-state index >= 15 is 0 Å². The summed E-state index contributed by atoms with van der Waals surface area (Å²) >= 11 is 7.45. The van der Waals surface area contributed by atoms with Crippen LogP contribution >= 0.6 is 22.9 Å². The third-order valence-electron chi connectivity index (χ3n) is 4.60. The maximum Gasteiger partial charge on any atom is 0.348 e. The highest BCUT2D eigenvalue weighted by Crippen LogP contribution is 2.33. The van der Waals surface area contributed by atoms with Crippen LogP contribution in [0.15, 0.2) is 30.3 Å². The summed E-state index contributed by atoms with van der Waals surface area (Å²) in [4.78, 5) is 15.4. The van der Waals surface area contributed by atoms with E-state index in [9.17, 15) is 4.79 Å². The molecule has 3 rings (SSSR count). The zero-order valence-corrected chi connectivity index (χ0v) is 17.0. The van der Waals surface area contributed by atoms with Gasteiger partial charge in [0.1, 0.15) is 4.88 Å². The van der Waals surface area contributed by atoms with Crippen LogP contribution in [0.2, 0.25) is 5.02 Å². The lowest BCUT2D eigenvalue weighted by Crippen LogP contribution is -2.35. The van der Waals surface area contributed by atoms with E-state index in [1.165, 1.54) is 11.3 Å². The topological polar surface area (TPSA) is 64.8 Å². The first-order valence-corrected chi connectivity index (χ1v) is 10.4. The molecule has 1 aliphatic heterocycles. The number of hydrogen-bond acceptors (Lipinski definition) is 6. The summed E-state index contributed by atoms with van der Waals surface area (Å²) in [6, 6.07) is 9.60. The number of thiophene rings is 1. The lowest BCUT2D eigenvalue weighted by molar-refractivity contribution is 0.0531. The molecular weight excluding hydrogens is 384 g/mol. The largest absolute Gasteiger partial charge is 0.462 e. The van der Waals surface area contributed by atoms with Gasteiger partial charge in [0.05, 0.1) is 24.8 Å². The van der Waals surface area contributed by atoms with Crippen molar-refractivity contribution in [2.75, 3.05) is 37.8 Å². The van der Waals surface area contributed by atoms with Gasteiger partial charge in [0.15, 0.2) is 0 Å². The van der Waals surface area contributed by atoms with Crippen molar-refractivity contribution in [1.29, 1.82) is 0 Å². The standard InChI is InChI=1S/C20H25ClN2O3S/c1-2-26-20(24)19-15(13-18(27-19)23-9-11-25-12-10-23)5-8-17(22)14-3-6-16(21)7-4-14/h3-4,6-7,13,17H,2,5,8-12,22H2,1H3. The van der Waals surface area contributed by atoms with E-state index in [0.717, 1.165) is 42.1 Å². The fraction of sp³-hybridized carbons (Fsp3) is 0.450. The highest BCUT2D eigenvalue weighted by Gasteiger charge is 2.22. The van der Waals surface area contributed by atoms with Crippen molar-refractivity contribution in [3.8, 4) is 0 Å². The average Bonchev–Trinajstić information content (AvgIpc) is 3.12. The van der Waals surface area contributed by atoms with Gasteiger partial charge in [-0.3, -0.25) is 0 Å². The summed E-state index contributed by atoms with van der Waals surface area (Å²) in [7, 11) is 0. The van der Waals surface area contributed by atoms with Crippen molar-refractivity contribution in [3.63, 3.8) is 0 Å². The molecule has 146 valence electrons. The summed E-state index contributed by atoms with van der Waals surface area (Å²) in [6.07, 6.45) is 1.46. The second-order valence-electron chi connectivity index (χ2n) is 6.46. The minimum Gasteiger partial charge on any atom is -0.462 e. The average molecular weight is 409 g/mol. The van der Waals surface area contributed by atoms with Gasteiger partial charge < -0.3 is 20.1 Å². The Morgan fingerprint density at radius 2 is 2.04 bits per heavy atom. The van der Waals surface area contributed by atoms with Crippen LogP contribution in [0.3, 0.4) is 0 Å². The Morgan fingerprint density at radius 1 is 1.33 bits per heavy atom. The molecule has 0 aliphatic carbocycles. The van der Waals surface area contributed by atoms with E-state index in [4.69, 9.17) is 26.8 Å². The van der Waals surface area contributed by atoms with Gasteiger partial charge in [0.25, 0.3) is 0 Å². The second-order valence-corrected chi connectivity index (χ2v) is 7.92. The number of nitrogens with two attached hydrogens (primary N) is 1. The van der Waals surface area contributed by atoms with Gasteiger partial charge in [0, 0.05) is 24.2 Å². The molecule has 0 saturated carbocycles. The lowest BCUT2D eigenvalue weighted by atomic mass is 10.00. The number of hydrogen-bond donors (Lipinski definition) is 1. The van der Waals surface area contributed by atoms with Crippen LogP contribution in [0.1, 0.15) is 40.2 Å². The zero-order valence-electron chi connectivity index (χ0n) is 15.4. The van der Waals surface area contributed by atoms with E-state index in [1.54, 1.807) is 0 Å². The van der Waals surface area contributed by atoms with Gasteiger partial charge in [-0.05, 0) is 49.1 Å². The molecule has 5 nitrogen and oxygen atoms in total. The molecule has 1 unspecified atom stereocenters. The third-order valence-corrected chi connectivity index (χ3v) is 6.07. The zero-order chi connectivity index (χ0) is 19.2. The molecule has 1 aromatic heterocycles. The molecule has 1 fully saturated rings. The number of rotatable bonds is 7. The van der Waals surface area contributed by atoms with E-state index in [1.807, 2.05) is 31.2 Å². The van der Waals surface area contributed by atoms with Crippen LogP contribution < -0.4 is 10.6 Å². The number of aryl methyl sites for hydroxylation is 1. The highest BCUT2D eigenvalue weighted by molar-refractivity contribution is 7.18. The van der Waals surface area contributed by atoms with Gasteiger partial charge in [-0.25, -0.2) is 4.79 Å². The predicted molar refractivity (Wildman–Crippen MR) is 110 cm³/mol. The van der Waals surface area contributed by atoms with E-state index < -0.39 is 0 Å². The Bertz CT molecular complexity index is 757. The molecule has 2 heterocycles. The summed E-state index contributed by atoms with van der Waals surface area (Å²) < 4.78 is 10.7. The molecule has 1 aromatic carbocycles. The van der Waals surface area contributed by atoms with Crippen molar-refractivity contribution >= 4 is 33.9 Å². The van der Waals surface area contributed by atoms with Gasteiger partial charge in [0.2, 0.25) is 0 Å². The number of nitrogens with zero attached hydrogens (tertiary/aromatic N) is 1. The minimum atomic E-state index is -0.253. The van der Waals surface area contributed by atoms with Crippen molar-refractivity contribution in [3.05, 3.63) is 51.4 Å². The first-order chi connectivity index (χ1) is 13.1. The SMILES string of the molecule is CCOC(=O)c1sc(N2CCOCC2)cc1CCC(N)c1ccc(Cl)cc1. The molecule has 0 bridgehead atoms. The van der Waals surface area contributed by atoms with Crippen molar-refractivity contribution < 1.29 is 14.3 Å². The number of morpholine rings is 1. The molecule has 27 heavy (non-hydrogen) atoms. The van der Waals surface area contributed by atoms with Crippen LogP contribution in [-0.4, -0.2) is 38.9 Å². The first-order valence-electron chi connectivity index (χ1n) is 9.22. The molecule has 1 saturated heterocycles. The minimum absolute atomic E-state index is 0.107. The molecule has 1 aliphatic rings. The van der Waals surface area contributed by atoms with Crippen LogP contribution in [0.25, 0.3) is 0 Å². The third kappa shape index (κ3) is 5.23. The summed E-state index contributed by atoms with van der Waals surface area (Å²) in [5.41, 5.74) is 8.39. The van der Waals surface area contributed by atoms with Crippen molar-refractivity contribution in [2.24, 2.45) is 5.73 Å². The molecule has 0 radical (unpaired) electrons. The van der Waals surface area contributed by atoms with Crippen molar-refractivity contribution in [1.82, 2.24) is 0 Å². The Hall–Kier alpha value is -1.60. The Morgan fingerprint density at radius 3 is 2.70 bits per heavy atom. The molecule has 0 amide bonds. The summed E-state index contributed by atoms with van der Waals surface area (Å²) in [6.45, 7) is 5.30. The number of halogens is 1. The van der Waals surface area contributed by atoms with Gasteiger partial charge >= 0.3 is 5.97 Å². The van der Waals surface area contributed by atoms with Crippen LogP contribution in [0, 0.1) is 0 Å². The van der Waals surface area contributed by atoms with Gasteiger partial charge in [-0.1, -0.05) is 23.7 Å². The summed E-state index contributed by atoms with van der Waals surface area (Å²) in [5, 5.41) is 1.79. The van der Waals surface area contributed by atoms with Crippen molar-refractivity contribution in [2.45, 2.75) is 25.8 Å². The second kappa shape index (κ2) is 9.55. The number of anilines is 1. The summed E-state index contributed by atoms with van der Waals surface area (Å²) in [5.74, 6) is -0.253. The molecule has 2 N–H and O–H groups in total. The number of esters is 1. The smallest absolute Gasteiger partial charge is 0.348 e. The molecular formula is C20H25ClN2O3S. The Labute approximate surface area is 169 Å². The number of ether oxygens (including phenoxy) is 2. The molecule has 7 heteroatoms. The maximum atomic E-state index is 12.4. The van der Waals surface area contributed by atoms with Crippen LogP contribution in [0.4, 0.5) is 5.00 Å². The highest BCUT2D eigenvalue weighted by atomic mass is 35.5. The maximum absolute atomic E-state index is 12.4. The van der Waals surface area contributed by atoms with Gasteiger partial charge in [-0.15, -0.1) is 11.3 Å². The van der Waals surface area contributed by atoms with E-state index in [0.29, 0.717) is 29.7 Å². The molecule has 1 atom stereocenters. The monoisotopic (exact) mass is 408 g/mol. The number of benzene rings is 1. The number of carbonyl (C=O) groups excluding carboxylic acids is 1. The van der Waals surface area contributed by atoms with Crippen LogP contribution in [-0.2, 0) is 15.9 Å². The fourth-order valence-electron chi connectivity index (χ4n) is 3.10. The normalized spacial score (nSPS) is 15.6. The quantitative estimate of drug-likeness (QED) is 0.700. The van der Waals surface area contributed by atoms with Gasteiger partial charge in [-0.2, -0.15) is 0 Å². The molecule has 2 aromatic rings. The Kier molecular flexibility index (Phi) is 7.13. The van der Waals surface area contributed by atoms with E-state index in [-0.39, 0.29) is 12.0 Å². The predicted octanol–water partition coefficient (Wildman–Crippen LogP) is 4.05.